The van der Waals surface area contributed by atoms with Crippen LogP contribution in [0.5, 0.6) is 5.75 Å². The highest BCUT2D eigenvalue weighted by atomic mass is 16.6. The van der Waals surface area contributed by atoms with Crippen LogP contribution in [0.2, 0.25) is 0 Å². The van der Waals surface area contributed by atoms with Crippen molar-refractivity contribution in [1.82, 2.24) is 0 Å². The molecule has 5 heteroatoms. The van der Waals surface area contributed by atoms with Crippen molar-refractivity contribution in [2.24, 2.45) is 5.41 Å². The van der Waals surface area contributed by atoms with Crippen molar-refractivity contribution in [3.8, 4) is 5.75 Å². The van der Waals surface area contributed by atoms with Gasteiger partial charge in [0.1, 0.15) is 11.4 Å². The molecule has 0 atom stereocenters. The lowest BCUT2D eigenvalue weighted by atomic mass is 9.83. The number of anilines is 1. The Bertz CT molecular complexity index is 482. The number of ether oxygens (including phenoxy) is 1. The lowest BCUT2D eigenvalue weighted by Gasteiger charge is -2.28. The second kappa shape index (κ2) is 6.11. The monoisotopic (exact) mass is 278 g/mol. The lowest BCUT2D eigenvalue weighted by Crippen LogP contribution is -2.26. The first-order valence-electron chi connectivity index (χ1n) is 7.16. The van der Waals surface area contributed by atoms with E-state index in [0.29, 0.717) is 11.4 Å². The maximum atomic E-state index is 11.1. The van der Waals surface area contributed by atoms with E-state index in [0.717, 1.165) is 13.0 Å². The van der Waals surface area contributed by atoms with Gasteiger partial charge < -0.3 is 10.1 Å². The van der Waals surface area contributed by atoms with Crippen LogP contribution in [0, 0.1) is 15.5 Å². The number of benzene rings is 1. The van der Waals surface area contributed by atoms with Gasteiger partial charge in [0, 0.05) is 18.7 Å². The van der Waals surface area contributed by atoms with Crippen LogP contribution in [0.1, 0.15) is 39.0 Å². The molecule has 0 unspecified atom stereocenters. The normalized spacial score (nSPS) is 16.9. The maximum absolute atomic E-state index is 11.1. The van der Waals surface area contributed by atoms with E-state index in [1.54, 1.807) is 19.2 Å². The van der Waals surface area contributed by atoms with Crippen LogP contribution in [0.15, 0.2) is 18.2 Å². The molecule has 0 amide bonds. The van der Waals surface area contributed by atoms with Crippen molar-refractivity contribution in [3.05, 3.63) is 28.3 Å². The van der Waals surface area contributed by atoms with Crippen LogP contribution in [0.25, 0.3) is 0 Å². The fraction of sp³-hybridized carbons (Fsp3) is 0.600. The van der Waals surface area contributed by atoms with Crippen molar-refractivity contribution in [2.45, 2.75) is 39.0 Å². The van der Waals surface area contributed by atoms with E-state index in [4.69, 9.17) is 4.74 Å². The highest BCUT2D eigenvalue weighted by Crippen LogP contribution is 2.41. The molecule has 1 aromatic carbocycles. The summed E-state index contributed by atoms with van der Waals surface area (Å²) in [5.41, 5.74) is 0.945. The Balaban J connectivity index is 2.16. The molecular formula is C15H22N2O3. The van der Waals surface area contributed by atoms with E-state index >= 15 is 0 Å². The van der Waals surface area contributed by atoms with Gasteiger partial charge in [-0.05, 0) is 30.7 Å². The van der Waals surface area contributed by atoms with Gasteiger partial charge in [0.25, 0.3) is 5.69 Å². The Morgan fingerprint density at radius 3 is 2.65 bits per heavy atom. The second-order valence-electron chi connectivity index (χ2n) is 5.55. The number of nitrogens with zero attached hydrogens (tertiary/aromatic N) is 1. The Labute approximate surface area is 119 Å². The minimum Gasteiger partial charge on any atom is -0.497 e. The molecule has 1 saturated carbocycles. The molecule has 110 valence electrons. The van der Waals surface area contributed by atoms with Gasteiger partial charge in [-0.3, -0.25) is 10.1 Å². The summed E-state index contributed by atoms with van der Waals surface area (Å²) in [6.45, 7) is 2.99. The smallest absolute Gasteiger partial charge is 0.292 e. The van der Waals surface area contributed by atoms with Crippen LogP contribution >= 0.6 is 0 Å². The largest absolute Gasteiger partial charge is 0.497 e. The first-order chi connectivity index (χ1) is 9.60. The van der Waals surface area contributed by atoms with Crippen LogP contribution < -0.4 is 10.1 Å². The van der Waals surface area contributed by atoms with Gasteiger partial charge >= 0.3 is 0 Å². The van der Waals surface area contributed by atoms with E-state index in [1.807, 2.05) is 0 Å². The molecule has 0 saturated heterocycles. The third-order valence-corrected chi connectivity index (χ3v) is 4.47. The predicted molar refractivity (Wildman–Crippen MR) is 79.3 cm³/mol. The molecule has 0 aromatic heterocycles. The molecule has 0 heterocycles. The fourth-order valence-corrected chi connectivity index (χ4v) is 3.01. The Morgan fingerprint density at radius 2 is 2.10 bits per heavy atom. The van der Waals surface area contributed by atoms with Crippen LogP contribution in [0.4, 0.5) is 11.4 Å². The SMILES string of the molecule is CCC1(CNc2cc(OC)ccc2[N+](=O)[O-])CCCC1. The van der Waals surface area contributed by atoms with Crippen LogP contribution in [-0.2, 0) is 0 Å². The summed E-state index contributed by atoms with van der Waals surface area (Å²) in [6.07, 6.45) is 6.03. The molecule has 0 bridgehead atoms. The van der Waals surface area contributed by atoms with E-state index in [9.17, 15) is 10.1 Å². The number of hydrogen-bond donors (Lipinski definition) is 1. The van der Waals surface area contributed by atoms with Crippen molar-refractivity contribution >= 4 is 11.4 Å². The molecule has 0 aliphatic heterocycles. The molecular weight excluding hydrogens is 256 g/mol. The van der Waals surface area contributed by atoms with E-state index in [1.165, 1.54) is 31.7 Å². The average Bonchev–Trinajstić information content (AvgIpc) is 2.94. The second-order valence-corrected chi connectivity index (χ2v) is 5.55. The molecule has 1 N–H and O–H groups in total. The van der Waals surface area contributed by atoms with Crippen LogP contribution in [-0.4, -0.2) is 18.6 Å². The zero-order valence-electron chi connectivity index (χ0n) is 12.1. The van der Waals surface area contributed by atoms with Crippen molar-refractivity contribution in [2.75, 3.05) is 19.0 Å². The van der Waals surface area contributed by atoms with E-state index < -0.39 is 0 Å². The molecule has 5 nitrogen and oxygen atoms in total. The van der Waals surface area contributed by atoms with E-state index in [-0.39, 0.29) is 16.0 Å². The molecule has 0 spiro atoms. The summed E-state index contributed by atoms with van der Waals surface area (Å²) >= 11 is 0. The standard InChI is InChI=1S/C15H22N2O3/c1-3-15(8-4-5-9-15)11-16-13-10-12(20-2)6-7-14(13)17(18)19/h6-7,10,16H,3-5,8-9,11H2,1-2H3. The number of rotatable bonds is 6. The summed E-state index contributed by atoms with van der Waals surface area (Å²) < 4.78 is 5.15. The van der Waals surface area contributed by atoms with Crippen molar-refractivity contribution in [1.29, 1.82) is 0 Å². The van der Waals surface area contributed by atoms with Gasteiger partial charge in [-0.25, -0.2) is 0 Å². The van der Waals surface area contributed by atoms with Gasteiger partial charge in [-0.2, -0.15) is 0 Å². The van der Waals surface area contributed by atoms with E-state index in [2.05, 4.69) is 12.2 Å². The van der Waals surface area contributed by atoms with Crippen LogP contribution in [0.3, 0.4) is 0 Å². The predicted octanol–water partition coefficient (Wildman–Crippen LogP) is 3.99. The molecule has 1 aliphatic carbocycles. The third kappa shape index (κ3) is 3.03. The molecule has 1 aromatic rings. The number of nitro benzene ring substituents is 1. The topological polar surface area (TPSA) is 64.4 Å². The van der Waals surface area contributed by atoms with Gasteiger partial charge in [0.2, 0.25) is 0 Å². The zero-order valence-corrected chi connectivity index (χ0v) is 12.1. The summed E-state index contributed by atoms with van der Waals surface area (Å²) in [5, 5.41) is 14.4. The summed E-state index contributed by atoms with van der Waals surface area (Å²) in [4.78, 5) is 10.7. The molecule has 2 rings (SSSR count). The molecule has 0 radical (unpaired) electrons. The zero-order chi connectivity index (χ0) is 14.6. The number of nitrogens with one attached hydrogen (secondary N) is 1. The molecule has 1 fully saturated rings. The highest BCUT2D eigenvalue weighted by molar-refractivity contribution is 5.64. The number of methoxy groups -OCH3 is 1. The Morgan fingerprint density at radius 1 is 1.40 bits per heavy atom. The third-order valence-electron chi connectivity index (χ3n) is 4.47. The summed E-state index contributed by atoms with van der Waals surface area (Å²) in [6, 6.07) is 4.82. The Hall–Kier alpha value is -1.78. The van der Waals surface area contributed by atoms with Crippen molar-refractivity contribution < 1.29 is 9.66 Å². The highest BCUT2D eigenvalue weighted by Gasteiger charge is 2.32. The lowest BCUT2D eigenvalue weighted by molar-refractivity contribution is -0.384. The minimum absolute atomic E-state index is 0.107. The van der Waals surface area contributed by atoms with Gasteiger partial charge in [0.05, 0.1) is 12.0 Å². The first-order valence-corrected chi connectivity index (χ1v) is 7.16. The first kappa shape index (κ1) is 14.6. The number of hydrogen-bond acceptors (Lipinski definition) is 4. The van der Waals surface area contributed by atoms with Gasteiger partial charge in [0.15, 0.2) is 0 Å². The minimum atomic E-state index is -0.352. The maximum Gasteiger partial charge on any atom is 0.292 e. The average molecular weight is 278 g/mol. The molecule has 20 heavy (non-hydrogen) atoms. The molecule has 1 aliphatic rings. The summed E-state index contributed by atoms with van der Waals surface area (Å²) in [7, 11) is 1.56. The van der Waals surface area contributed by atoms with Crippen molar-refractivity contribution in [3.63, 3.8) is 0 Å². The van der Waals surface area contributed by atoms with Gasteiger partial charge in [-0.1, -0.05) is 19.8 Å². The summed E-state index contributed by atoms with van der Waals surface area (Å²) in [5.74, 6) is 0.634. The van der Waals surface area contributed by atoms with Gasteiger partial charge in [-0.15, -0.1) is 0 Å². The Kier molecular flexibility index (Phi) is 4.47. The fourth-order valence-electron chi connectivity index (χ4n) is 3.01. The number of nitro groups is 1. The quantitative estimate of drug-likeness (QED) is 0.631.